The monoisotopic (exact) mass is 415 g/mol. The molecule has 2 N–H and O–H groups in total. The Balaban J connectivity index is 2.28. The van der Waals surface area contributed by atoms with Gasteiger partial charge in [-0.1, -0.05) is 52.3 Å². The van der Waals surface area contributed by atoms with Crippen LogP contribution >= 0.6 is 15.9 Å². The number of benzene rings is 2. The minimum absolute atomic E-state index is 0.0747. The van der Waals surface area contributed by atoms with Crippen molar-refractivity contribution in [2.24, 2.45) is 0 Å². The number of nitrogens with one attached hydrogen (secondary N) is 2. The maximum absolute atomic E-state index is 12.4. The molecule has 2 aromatic carbocycles. The van der Waals surface area contributed by atoms with Crippen LogP contribution in [0.1, 0.15) is 22.8 Å². The number of hydrogen-bond donors (Lipinski definition) is 2. The van der Waals surface area contributed by atoms with E-state index in [1.165, 1.54) is 13.0 Å². The van der Waals surface area contributed by atoms with Crippen molar-refractivity contribution in [1.82, 2.24) is 10.6 Å². The fourth-order valence-corrected chi connectivity index (χ4v) is 2.43. The summed E-state index contributed by atoms with van der Waals surface area (Å²) in [5.74, 6) is -2.64. The molecule has 0 saturated carbocycles. The molecule has 0 aliphatic heterocycles. The molecule has 0 heterocycles. The first kappa shape index (κ1) is 19.4. The van der Waals surface area contributed by atoms with Crippen molar-refractivity contribution in [2.75, 3.05) is 0 Å². The average molecular weight is 416 g/mol. The highest BCUT2D eigenvalue weighted by atomic mass is 79.9. The van der Waals surface area contributed by atoms with Gasteiger partial charge in [-0.25, -0.2) is 0 Å². The summed E-state index contributed by atoms with van der Waals surface area (Å²) in [6, 6.07) is 14.3. The van der Waals surface area contributed by atoms with E-state index < -0.39 is 23.8 Å². The minimum atomic E-state index is -1.42. The quantitative estimate of drug-likeness (QED) is 0.697. The van der Waals surface area contributed by atoms with E-state index in [-0.39, 0.29) is 5.70 Å². The van der Waals surface area contributed by atoms with E-state index in [1.807, 2.05) is 6.07 Å². The zero-order valence-electron chi connectivity index (χ0n) is 13.9. The SMILES string of the molecule is C[C@H](NC(=O)/C(=C/c1ccccc1)NC(=O)c1cccc(Br)c1)C(=O)[O-]. The molecule has 0 radical (unpaired) electrons. The zero-order chi connectivity index (χ0) is 19.1. The van der Waals surface area contributed by atoms with Crippen LogP contribution in [0, 0.1) is 0 Å². The lowest BCUT2D eigenvalue weighted by molar-refractivity contribution is -0.307. The summed E-state index contributed by atoms with van der Waals surface area (Å²) in [6.45, 7) is 1.28. The molecular formula is C19H16BrN2O4-. The maximum atomic E-state index is 12.4. The zero-order valence-corrected chi connectivity index (χ0v) is 15.4. The summed E-state index contributed by atoms with van der Waals surface area (Å²) < 4.78 is 0.716. The molecule has 0 spiro atoms. The van der Waals surface area contributed by atoms with Gasteiger partial charge in [-0.3, -0.25) is 9.59 Å². The summed E-state index contributed by atoms with van der Waals surface area (Å²) in [6.07, 6.45) is 1.47. The Morgan fingerprint density at radius 2 is 1.77 bits per heavy atom. The first-order valence-corrected chi connectivity index (χ1v) is 8.51. The van der Waals surface area contributed by atoms with Crippen LogP contribution in [0.4, 0.5) is 0 Å². The molecule has 2 aromatic rings. The van der Waals surface area contributed by atoms with Crippen molar-refractivity contribution in [1.29, 1.82) is 0 Å². The lowest BCUT2D eigenvalue weighted by atomic mass is 10.1. The summed E-state index contributed by atoms with van der Waals surface area (Å²) >= 11 is 3.28. The largest absolute Gasteiger partial charge is 0.548 e. The Morgan fingerprint density at radius 1 is 1.08 bits per heavy atom. The number of halogens is 1. The Bertz CT molecular complexity index is 850. The van der Waals surface area contributed by atoms with Gasteiger partial charge in [0.25, 0.3) is 11.8 Å². The highest BCUT2D eigenvalue weighted by Gasteiger charge is 2.17. The Hall–Kier alpha value is -2.93. The highest BCUT2D eigenvalue weighted by Crippen LogP contribution is 2.12. The lowest BCUT2D eigenvalue weighted by Gasteiger charge is -2.17. The number of hydrogen-bond acceptors (Lipinski definition) is 4. The normalized spacial score (nSPS) is 12.2. The second kappa shape index (κ2) is 8.96. The minimum Gasteiger partial charge on any atom is -0.548 e. The predicted molar refractivity (Wildman–Crippen MR) is 98.6 cm³/mol. The number of aliphatic carboxylic acids is 1. The smallest absolute Gasteiger partial charge is 0.268 e. The van der Waals surface area contributed by atoms with E-state index in [4.69, 9.17) is 0 Å². The summed E-state index contributed by atoms with van der Waals surface area (Å²) in [7, 11) is 0. The second-order valence-electron chi connectivity index (χ2n) is 5.45. The summed E-state index contributed by atoms with van der Waals surface area (Å²) in [5, 5.41) is 15.7. The van der Waals surface area contributed by atoms with E-state index in [0.29, 0.717) is 15.6 Å². The molecule has 0 aliphatic rings. The molecule has 0 saturated heterocycles. The van der Waals surface area contributed by atoms with Gasteiger partial charge in [-0.05, 0) is 36.8 Å². The fourth-order valence-electron chi connectivity index (χ4n) is 2.03. The van der Waals surface area contributed by atoms with Gasteiger partial charge in [-0.15, -0.1) is 0 Å². The van der Waals surface area contributed by atoms with Crippen LogP contribution in [0.3, 0.4) is 0 Å². The van der Waals surface area contributed by atoms with Gasteiger partial charge < -0.3 is 20.5 Å². The van der Waals surface area contributed by atoms with Crippen molar-refractivity contribution in [3.63, 3.8) is 0 Å². The molecule has 0 fully saturated rings. The number of amides is 2. The van der Waals surface area contributed by atoms with Gasteiger partial charge in [0.1, 0.15) is 5.70 Å². The molecule has 0 bridgehead atoms. The van der Waals surface area contributed by atoms with Crippen molar-refractivity contribution in [2.45, 2.75) is 13.0 Å². The van der Waals surface area contributed by atoms with Gasteiger partial charge in [0.15, 0.2) is 0 Å². The van der Waals surface area contributed by atoms with Crippen molar-refractivity contribution in [3.8, 4) is 0 Å². The van der Waals surface area contributed by atoms with Crippen LogP contribution in [0.15, 0.2) is 64.8 Å². The number of carboxylic acid groups (broad SMARTS) is 1. The fraction of sp³-hybridized carbons (Fsp3) is 0.105. The Labute approximate surface area is 159 Å². The van der Waals surface area contributed by atoms with Crippen molar-refractivity contribution < 1.29 is 19.5 Å². The number of carbonyl (C=O) groups excluding carboxylic acids is 3. The first-order chi connectivity index (χ1) is 12.4. The van der Waals surface area contributed by atoms with E-state index in [1.54, 1.807) is 48.5 Å². The van der Waals surface area contributed by atoms with Crippen LogP contribution in [-0.4, -0.2) is 23.8 Å². The second-order valence-corrected chi connectivity index (χ2v) is 6.36. The van der Waals surface area contributed by atoms with Gasteiger partial charge in [0.05, 0.1) is 12.0 Å². The molecule has 2 amide bonds. The topological polar surface area (TPSA) is 98.3 Å². The number of carboxylic acids is 1. The van der Waals surface area contributed by atoms with E-state index in [0.717, 1.165) is 0 Å². The molecule has 134 valence electrons. The Morgan fingerprint density at radius 3 is 2.38 bits per heavy atom. The molecular weight excluding hydrogens is 400 g/mol. The molecule has 0 aliphatic carbocycles. The van der Waals surface area contributed by atoms with E-state index in [9.17, 15) is 19.5 Å². The van der Waals surface area contributed by atoms with Crippen molar-refractivity contribution >= 4 is 39.8 Å². The maximum Gasteiger partial charge on any atom is 0.268 e. The standard InChI is InChI=1S/C19H17BrN2O4/c1-12(19(25)26)21-18(24)16(10-13-6-3-2-4-7-13)22-17(23)14-8-5-9-15(20)11-14/h2-12H,1H3,(H,21,24)(H,22,23)(H,25,26)/p-1/b16-10-/t12-/m0/s1. The van der Waals surface area contributed by atoms with Crippen LogP contribution < -0.4 is 15.7 Å². The van der Waals surface area contributed by atoms with Crippen LogP contribution in [0.5, 0.6) is 0 Å². The first-order valence-electron chi connectivity index (χ1n) is 7.72. The molecule has 26 heavy (non-hydrogen) atoms. The average Bonchev–Trinajstić information content (AvgIpc) is 2.61. The van der Waals surface area contributed by atoms with Crippen molar-refractivity contribution in [3.05, 3.63) is 75.9 Å². The number of carbonyl (C=O) groups is 3. The lowest BCUT2D eigenvalue weighted by Crippen LogP contribution is -2.48. The van der Waals surface area contributed by atoms with Crippen LogP contribution in [0.2, 0.25) is 0 Å². The Kier molecular flexibility index (Phi) is 6.68. The summed E-state index contributed by atoms with van der Waals surface area (Å²) in [5.41, 5.74) is 0.946. The highest BCUT2D eigenvalue weighted by molar-refractivity contribution is 9.10. The molecule has 0 unspecified atom stereocenters. The number of rotatable bonds is 6. The third-order valence-electron chi connectivity index (χ3n) is 3.39. The van der Waals surface area contributed by atoms with Gasteiger partial charge in [0, 0.05) is 10.0 Å². The predicted octanol–water partition coefficient (Wildman–Crippen LogP) is 1.47. The molecule has 6 nitrogen and oxygen atoms in total. The molecule has 2 rings (SSSR count). The molecule has 0 aromatic heterocycles. The van der Waals surface area contributed by atoms with Crippen LogP contribution in [0.25, 0.3) is 6.08 Å². The molecule has 1 atom stereocenters. The van der Waals surface area contributed by atoms with Gasteiger partial charge >= 0.3 is 0 Å². The third-order valence-corrected chi connectivity index (χ3v) is 3.88. The summed E-state index contributed by atoms with van der Waals surface area (Å²) in [4.78, 5) is 35.7. The van der Waals surface area contributed by atoms with Gasteiger partial charge in [0.2, 0.25) is 0 Å². The molecule has 7 heteroatoms. The van der Waals surface area contributed by atoms with E-state index in [2.05, 4.69) is 26.6 Å². The van der Waals surface area contributed by atoms with Gasteiger partial charge in [-0.2, -0.15) is 0 Å². The third kappa shape index (κ3) is 5.56. The van der Waals surface area contributed by atoms with Crippen LogP contribution in [-0.2, 0) is 9.59 Å². The van der Waals surface area contributed by atoms with E-state index >= 15 is 0 Å².